The molecule has 2 aromatic rings. The van der Waals surface area contributed by atoms with E-state index in [1.807, 2.05) is 29.6 Å². The summed E-state index contributed by atoms with van der Waals surface area (Å²) in [6.45, 7) is 1.79. The summed E-state index contributed by atoms with van der Waals surface area (Å²) >= 11 is 1.60. The number of rotatable bonds is 3. The third kappa shape index (κ3) is 3.05. The van der Waals surface area contributed by atoms with Gasteiger partial charge in [-0.15, -0.1) is 11.3 Å². The number of benzene rings is 1. The topological polar surface area (TPSA) is 54.0 Å². The summed E-state index contributed by atoms with van der Waals surface area (Å²) in [5.74, 6) is 0.181. The van der Waals surface area contributed by atoms with Crippen molar-refractivity contribution in [2.75, 3.05) is 18.4 Å². The normalized spacial score (nSPS) is 18.7. The summed E-state index contributed by atoms with van der Waals surface area (Å²) in [6.07, 6.45) is 3.82. The van der Waals surface area contributed by atoms with E-state index in [1.165, 1.54) is 0 Å². The summed E-state index contributed by atoms with van der Waals surface area (Å²) in [7, 11) is 0. The summed E-state index contributed by atoms with van der Waals surface area (Å²) in [5, 5.41) is 9.20. The first-order valence-corrected chi connectivity index (χ1v) is 7.72. The Morgan fingerprint density at radius 2 is 2.40 bits per heavy atom. The van der Waals surface area contributed by atoms with Gasteiger partial charge in [-0.2, -0.15) is 0 Å². The molecule has 5 heteroatoms. The fourth-order valence-corrected chi connectivity index (χ4v) is 3.05. The van der Waals surface area contributed by atoms with Crippen molar-refractivity contribution in [3.05, 3.63) is 35.8 Å². The molecule has 1 aromatic heterocycles. The predicted octanol–water partition coefficient (Wildman–Crippen LogP) is 2.75. The molecule has 4 nitrogen and oxygen atoms in total. The number of hydrogen-bond donors (Lipinski definition) is 2. The predicted molar refractivity (Wildman–Crippen MR) is 81.8 cm³/mol. The van der Waals surface area contributed by atoms with Crippen molar-refractivity contribution in [2.45, 2.75) is 12.8 Å². The third-order valence-electron chi connectivity index (χ3n) is 3.48. The average Bonchev–Trinajstić information content (AvgIpc) is 3.03. The number of hydrogen-bond acceptors (Lipinski definition) is 4. The second kappa shape index (κ2) is 6.15. The zero-order chi connectivity index (χ0) is 13.8. The first kappa shape index (κ1) is 13.3. The highest BCUT2D eigenvalue weighted by atomic mass is 32.1. The lowest BCUT2D eigenvalue weighted by atomic mass is 9.99. The molecule has 0 saturated carbocycles. The second-order valence-electron chi connectivity index (χ2n) is 4.95. The molecule has 0 bridgehead atoms. The molecule has 0 aliphatic carbocycles. The van der Waals surface area contributed by atoms with Crippen LogP contribution in [0.5, 0.6) is 0 Å². The molecular weight excluding hydrogens is 270 g/mol. The third-order valence-corrected chi connectivity index (χ3v) is 4.30. The number of nitrogens with one attached hydrogen (secondary N) is 2. The summed E-state index contributed by atoms with van der Waals surface area (Å²) < 4.78 is 0. The molecule has 2 N–H and O–H groups in total. The van der Waals surface area contributed by atoms with E-state index in [1.54, 1.807) is 17.5 Å². The Hall–Kier alpha value is -1.72. The van der Waals surface area contributed by atoms with Crippen LogP contribution >= 0.6 is 11.3 Å². The van der Waals surface area contributed by atoms with Gasteiger partial charge in [-0.05, 0) is 31.5 Å². The van der Waals surface area contributed by atoms with E-state index in [0.29, 0.717) is 0 Å². The van der Waals surface area contributed by atoms with Gasteiger partial charge in [0.2, 0.25) is 5.91 Å². The van der Waals surface area contributed by atoms with Crippen LogP contribution in [0, 0.1) is 5.92 Å². The second-order valence-corrected chi connectivity index (χ2v) is 5.85. The highest BCUT2D eigenvalue weighted by Crippen LogP contribution is 2.24. The van der Waals surface area contributed by atoms with Crippen LogP contribution in [-0.2, 0) is 4.79 Å². The van der Waals surface area contributed by atoms with Gasteiger partial charge in [-0.3, -0.25) is 4.79 Å². The Morgan fingerprint density at radius 3 is 3.15 bits per heavy atom. The summed E-state index contributed by atoms with van der Waals surface area (Å²) in [5.41, 5.74) is 1.88. The Kier molecular flexibility index (Phi) is 4.08. The lowest BCUT2D eigenvalue weighted by Gasteiger charge is -2.21. The fourth-order valence-electron chi connectivity index (χ4n) is 2.42. The number of carbonyl (C=O) groups is 1. The van der Waals surface area contributed by atoms with Crippen molar-refractivity contribution in [1.82, 2.24) is 10.3 Å². The van der Waals surface area contributed by atoms with Gasteiger partial charge < -0.3 is 10.6 Å². The summed E-state index contributed by atoms with van der Waals surface area (Å²) in [6, 6.07) is 7.86. The Labute approximate surface area is 122 Å². The lowest BCUT2D eigenvalue weighted by molar-refractivity contribution is -0.120. The molecule has 1 aromatic carbocycles. The molecule has 1 aliphatic heterocycles. The van der Waals surface area contributed by atoms with E-state index in [4.69, 9.17) is 0 Å². The largest absolute Gasteiger partial charge is 0.326 e. The van der Waals surface area contributed by atoms with Crippen molar-refractivity contribution < 1.29 is 4.79 Å². The SMILES string of the molecule is O=C(Nc1cccc(-c2nccs2)c1)C1CCCNC1. The van der Waals surface area contributed by atoms with Crippen LogP contribution in [0.2, 0.25) is 0 Å². The zero-order valence-corrected chi connectivity index (χ0v) is 12.0. The van der Waals surface area contributed by atoms with E-state index in [0.717, 1.165) is 42.2 Å². The van der Waals surface area contributed by atoms with Crippen LogP contribution in [0.4, 0.5) is 5.69 Å². The quantitative estimate of drug-likeness (QED) is 0.912. The van der Waals surface area contributed by atoms with Crippen LogP contribution in [0.15, 0.2) is 35.8 Å². The molecule has 20 heavy (non-hydrogen) atoms. The van der Waals surface area contributed by atoms with E-state index in [-0.39, 0.29) is 11.8 Å². The smallest absolute Gasteiger partial charge is 0.228 e. The van der Waals surface area contributed by atoms with Gasteiger partial charge in [-0.1, -0.05) is 12.1 Å². The molecule has 0 spiro atoms. The minimum absolute atomic E-state index is 0.0762. The first-order valence-electron chi connectivity index (χ1n) is 6.84. The Balaban J connectivity index is 1.71. The minimum atomic E-state index is 0.0762. The first-order chi connectivity index (χ1) is 9.83. The zero-order valence-electron chi connectivity index (χ0n) is 11.1. The number of anilines is 1. The maximum atomic E-state index is 12.2. The van der Waals surface area contributed by atoms with E-state index >= 15 is 0 Å². The van der Waals surface area contributed by atoms with Crippen molar-refractivity contribution in [3.63, 3.8) is 0 Å². The highest BCUT2D eigenvalue weighted by molar-refractivity contribution is 7.13. The van der Waals surface area contributed by atoms with Gasteiger partial charge in [0.1, 0.15) is 5.01 Å². The van der Waals surface area contributed by atoms with Crippen molar-refractivity contribution in [1.29, 1.82) is 0 Å². The maximum Gasteiger partial charge on any atom is 0.228 e. The fraction of sp³-hybridized carbons (Fsp3) is 0.333. The number of piperidine rings is 1. The van der Waals surface area contributed by atoms with Crippen LogP contribution in [-0.4, -0.2) is 24.0 Å². The minimum Gasteiger partial charge on any atom is -0.326 e. The number of nitrogens with zero attached hydrogens (tertiary/aromatic N) is 1. The van der Waals surface area contributed by atoms with Crippen molar-refractivity contribution in [2.24, 2.45) is 5.92 Å². The lowest BCUT2D eigenvalue weighted by Crippen LogP contribution is -2.37. The average molecular weight is 287 g/mol. The van der Waals surface area contributed by atoms with Crippen LogP contribution in [0.3, 0.4) is 0 Å². The van der Waals surface area contributed by atoms with Crippen LogP contribution in [0.1, 0.15) is 12.8 Å². The molecule has 1 unspecified atom stereocenters. The van der Waals surface area contributed by atoms with Crippen LogP contribution < -0.4 is 10.6 Å². The van der Waals surface area contributed by atoms with E-state index < -0.39 is 0 Å². The van der Waals surface area contributed by atoms with Gasteiger partial charge in [-0.25, -0.2) is 4.98 Å². The standard InChI is InChI=1S/C15H17N3OS/c19-14(12-4-2-6-16-10-12)18-13-5-1-3-11(9-13)15-17-7-8-20-15/h1,3,5,7-9,12,16H,2,4,6,10H2,(H,18,19). The summed E-state index contributed by atoms with van der Waals surface area (Å²) in [4.78, 5) is 16.5. The molecule has 1 aliphatic rings. The Morgan fingerprint density at radius 1 is 1.45 bits per heavy atom. The van der Waals surface area contributed by atoms with Gasteiger partial charge in [0.15, 0.2) is 0 Å². The molecule has 2 heterocycles. The molecule has 1 amide bonds. The van der Waals surface area contributed by atoms with Gasteiger partial charge in [0, 0.05) is 29.4 Å². The van der Waals surface area contributed by atoms with Gasteiger partial charge in [0.05, 0.1) is 5.92 Å². The van der Waals surface area contributed by atoms with E-state index in [9.17, 15) is 4.79 Å². The molecule has 1 atom stereocenters. The van der Waals surface area contributed by atoms with E-state index in [2.05, 4.69) is 15.6 Å². The van der Waals surface area contributed by atoms with Crippen molar-refractivity contribution >= 4 is 22.9 Å². The number of amides is 1. The van der Waals surface area contributed by atoms with Gasteiger partial charge in [0.25, 0.3) is 0 Å². The number of carbonyl (C=O) groups excluding carboxylic acids is 1. The molecule has 1 saturated heterocycles. The molecule has 3 rings (SSSR count). The molecule has 0 radical (unpaired) electrons. The molecular formula is C15H17N3OS. The molecule has 1 fully saturated rings. The highest BCUT2D eigenvalue weighted by Gasteiger charge is 2.20. The number of aromatic nitrogens is 1. The van der Waals surface area contributed by atoms with Crippen LogP contribution in [0.25, 0.3) is 10.6 Å². The molecule has 104 valence electrons. The Bertz CT molecular complexity index is 577. The maximum absolute atomic E-state index is 12.2. The van der Waals surface area contributed by atoms with Crippen molar-refractivity contribution in [3.8, 4) is 10.6 Å². The van der Waals surface area contributed by atoms with Gasteiger partial charge >= 0.3 is 0 Å². The monoisotopic (exact) mass is 287 g/mol. The number of thiazole rings is 1.